The van der Waals surface area contributed by atoms with Crippen molar-refractivity contribution >= 4 is 31.4 Å². The Morgan fingerprint density at radius 2 is 1.87 bits per heavy atom. The predicted molar refractivity (Wildman–Crippen MR) is 169 cm³/mol. The number of benzene rings is 1. The van der Waals surface area contributed by atoms with E-state index in [1.165, 1.54) is 46.0 Å². The molecule has 4 aromatic rings. The van der Waals surface area contributed by atoms with Crippen LogP contribution in [0.25, 0.3) is 16.9 Å². The molecule has 3 heterocycles. The summed E-state index contributed by atoms with van der Waals surface area (Å²) in [7, 11) is -1.39. The van der Waals surface area contributed by atoms with Gasteiger partial charge >= 0.3 is 12.7 Å². The molecule has 0 fully saturated rings. The Hall–Kier alpha value is -4.57. The van der Waals surface area contributed by atoms with Crippen LogP contribution in [0.2, 0.25) is 25.7 Å². The molecular weight excluding hydrogens is 620 g/mol. The maximum Gasteiger partial charge on any atom is 0.407 e. The molecule has 248 valence electrons. The van der Waals surface area contributed by atoms with E-state index >= 15 is 0 Å². The highest BCUT2D eigenvalue weighted by Crippen LogP contribution is 2.39. The summed E-state index contributed by atoms with van der Waals surface area (Å²) < 4.78 is 51.8. The third kappa shape index (κ3) is 9.71. The Morgan fingerprint density at radius 3 is 2.59 bits per heavy atom. The minimum absolute atomic E-state index is 0.0209. The van der Waals surface area contributed by atoms with Crippen LogP contribution in [0.4, 0.5) is 19.3 Å². The second-order valence-corrected chi connectivity index (χ2v) is 18.1. The third-order valence-corrected chi connectivity index (χ3v) is 7.99. The van der Waals surface area contributed by atoms with E-state index in [2.05, 4.69) is 45.5 Å². The number of aromatic nitrogens is 5. The third-order valence-electron chi connectivity index (χ3n) is 6.28. The second-order valence-electron chi connectivity index (χ2n) is 12.5. The van der Waals surface area contributed by atoms with Gasteiger partial charge in [0.15, 0.2) is 5.65 Å². The summed E-state index contributed by atoms with van der Waals surface area (Å²) in [6, 6.07) is 6.87. The quantitative estimate of drug-likeness (QED) is 0.129. The van der Waals surface area contributed by atoms with Crippen molar-refractivity contribution in [3.63, 3.8) is 0 Å². The maximum absolute atomic E-state index is 13.6. The summed E-state index contributed by atoms with van der Waals surface area (Å²) in [6.45, 7) is 9.42. The lowest BCUT2D eigenvalue weighted by Gasteiger charge is -2.20. The first-order valence-corrected chi connectivity index (χ1v) is 18.3. The number of halogens is 2. The van der Waals surface area contributed by atoms with E-state index in [1.807, 2.05) is 0 Å². The van der Waals surface area contributed by atoms with Crippen molar-refractivity contribution in [2.24, 2.45) is 0 Å². The summed E-state index contributed by atoms with van der Waals surface area (Å²) >= 11 is 0. The van der Waals surface area contributed by atoms with Gasteiger partial charge in [0, 0.05) is 32.6 Å². The number of carbonyl (C=O) groups is 2. The number of amides is 2. The molecule has 0 saturated carbocycles. The van der Waals surface area contributed by atoms with Crippen LogP contribution in [-0.4, -0.2) is 76.4 Å². The zero-order valence-electron chi connectivity index (χ0n) is 26.7. The smallest absolute Gasteiger partial charge is 0.407 e. The van der Waals surface area contributed by atoms with Gasteiger partial charge < -0.3 is 29.6 Å². The van der Waals surface area contributed by atoms with E-state index in [1.54, 1.807) is 33.0 Å². The molecular formula is C30H39F2N7O6Si. The summed E-state index contributed by atoms with van der Waals surface area (Å²) in [4.78, 5) is 29.6. The fourth-order valence-electron chi connectivity index (χ4n) is 4.18. The van der Waals surface area contributed by atoms with Crippen molar-refractivity contribution in [2.45, 2.75) is 65.4 Å². The van der Waals surface area contributed by atoms with E-state index in [0.29, 0.717) is 18.0 Å². The van der Waals surface area contributed by atoms with Gasteiger partial charge in [-0.25, -0.2) is 19.0 Å². The lowest BCUT2D eigenvalue weighted by Crippen LogP contribution is -2.34. The maximum atomic E-state index is 13.6. The van der Waals surface area contributed by atoms with Crippen molar-refractivity contribution < 1.29 is 37.3 Å². The van der Waals surface area contributed by atoms with Gasteiger partial charge in [0.2, 0.25) is 0 Å². The summed E-state index contributed by atoms with van der Waals surface area (Å²) in [6.07, 6.45) is 5.38. The normalized spacial score (nSPS) is 11.9. The number of rotatable bonds is 14. The minimum atomic E-state index is -3.13. The number of nitrogens with one attached hydrogen (secondary N) is 2. The number of hydrogen-bond acceptors (Lipinski definition) is 9. The molecule has 46 heavy (non-hydrogen) atoms. The molecule has 0 spiro atoms. The van der Waals surface area contributed by atoms with E-state index < -0.39 is 32.3 Å². The van der Waals surface area contributed by atoms with Crippen molar-refractivity contribution in [1.82, 2.24) is 29.7 Å². The van der Waals surface area contributed by atoms with Crippen LogP contribution >= 0.6 is 0 Å². The SMILES string of the molecule is CC(C)(C)OC(=O)NCCOc1ccc(OC(F)F)c(-c2c(NC(=O)c3cnn4cccnc34)cnn2COCC[Si](C)(C)C)c1. The van der Waals surface area contributed by atoms with E-state index in [0.717, 1.165) is 6.04 Å². The first-order valence-electron chi connectivity index (χ1n) is 14.6. The number of hydrogen-bond donors (Lipinski definition) is 2. The highest BCUT2D eigenvalue weighted by atomic mass is 28.3. The van der Waals surface area contributed by atoms with Gasteiger partial charge in [0.25, 0.3) is 5.91 Å². The highest BCUT2D eigenvalue weighted by Gasteiger charge is 2.24. The molecule has 0 saturated heterocycles. The molecule has 16 heteroatoms. The van der Waals surface area contributed by atoms with E-state index in [4.69, 9.17) is 18.9 Å². The van der Waals surface area contributed by atoms with Gasteiger partial charge in [-0.3, -0.25) is 4.79 Å². The Morgan fingerprint density at radius 1 is 1.09 bits per heavy atom. The topological polar surface area (TPSA) is 143 Å². The van der Waals surface area contributed by atoms with Crippen LogP contribution in [0.3, 0.4) is 0 Å². The van der Waals surface area contributed by atoms with Crippen LogP contribution in [-0.2, 0) is 16.2 Å². The second kappa shape index (κ2) is 14.7. The largest absolute Gasteiger partial charge is 0.492 e. The van der Waals surface area contributed by atoms with E-state index in [9.17, 15) is 18.4 Å². The minimum Gasteiger partial charge on any atom is -0.492 e. The number of fused-ring (bicyclic) bond motifs is 1. The molecule has 3 aromatic heterocycles. The van der Waals surface area contributed by atoms with Crippen molar-refractivity contribution in [3.05, 3.63) is 54.6 Å². The van der Waals surface area contributed by atoms with Gasteiger partial charge in [-0.15, -0.1) is 0 Å². The zero-order chi connectivity index (χ0) is 33.5. The van der Waals surface area contributed by atoms with Gasteiger partial charge in [-0.05, 0) is 51.1 Å². The summed E-state index contributed by atoms with van der Waals surface area (Å²) in [5.74, 6) is -0.420. The molecule has 13 nitrogen and oxygen atoms in total. The number of anilines is 1. The lowest BCUT2D eigenvalue weighted by atomic mass is 10.1. The molecule has 0 bridgehead atoms. The van der Waals surface area contributed by atoms with Crippen LogP contribution in [0.15, 0.2) is 49.1 Å². The summed E-state index contributed by atoms with van der Waals surface area (Å²) in [5, 5.41) is 14.0. The first-order chi connectivity index (χ1) is 21.7. The molecule has 4 rings (SSSR count). The number of alkyl halides is 2. The average Bonchev–Trinajstić information content (AvgIpc) is 3.56. The standard InChI is InChI=1S/C30H39F2N7O6Si/c1-30(2,3)45-29(41)34-11-13-43-20-8-9-24(44-28(31)32)21(16-20)25-23(18-36-39(25)19-42-14-15-46(4,5)6)37-27(40)22-17-35-38-12-7-10-33-26(22)38/h7-10,12,16-18,28H,11,13-15,19H2,1-6H3,(H,34,41)(H,37,40). The molecule has 2 amide bonds. The van der Waals surface area contributed by atoms with Crippen molar-refractivity contribution in [3.8, 4) is 22.8 Å². The van der Waals surface area contributed by atoms with Crippen molar-refractivity contribution in [1.29, 1.82) is 0 Å². The lowest BCUT2D eigenvalue weighted by molar-refractivity contribution is -0.0495. The van der Waals surface area contributed by atoms with E-state index in [-0.39, 0.29) is 48.1 Å². The Balaban J connectivity index is 1.64. The fraction of sp³-hybridized carbons (Fsp3) is 0.433. The Kier molecular flexibility index (Phi) is 10.9. The number of ether oxygens (including phenoxy) is 4. The van der Waals surface area contributed by atoms with Crippen LogP contribution in [0.1, 0.15) is 31.1 Å². The predicted octanol–water partition coefficient (Wildman–Crippen LogP) is 5.66. The van der Waals surface area contributed by atoms with Crippen LogP contribution in [0.5, 0.6) is 11.5 Å². The Bertz CT molecular complexity index is 1650. The molecule has 2 N–H and O–H groups in total. The highest BCUT2D eigenvalue weighted by molar-refractivity contribution is 6.76. The molecule has 0 unspecified atom stereocenters. The van der Waals surface area contributed by atoms with Gasteiger partial charge in [-0.2, -0.15) is 19.0 Å². The number of nitrogens with zero attached hydrogens (tertiary/aromatic N) is 5. The molecule has 0 aliphatic heterocycles. The Labute approximate surface area is 266 Å². The average molecular weight is 660 g/mol. The number of carbonyl (C=O) groups excluding carboxylic acids is 2. The zero-order valence-corrected chi connectivity index (χ0v) is 27.7. The van der Waals surface area contributed by atoms with Gasteiger partial charge in [0.05, 0.1) is 30.3 Å². The molecule has 0 aliphatic carbocycles. The van der Waals surface area contributed by atoms with Crippen molar-refractivity contribution in [2.75, 3.05) is 25.1 Å². The molecule has 0 atom stereocenters. The molecule has 1 aromatic carbocycles. The van der Waals surface area contributed by atoms with Crippen LogP contribution in [0, 0.1) is 0 Å². The molecule has 0 radical (unpaired) electrons. The molecule has 0 aliphatic rings. The summed E-state index contributed by atoms with van der Waals surface area (Å²) in [5.41, 5.74) is 0.495. The van der Waals surface area contributed by atoms with Crippen LogP contribution < -0.4 is 20.1 Å². The van der Waals surface area contributed by atoms with Gasteiger partial charge in [0.1, 0.15) is 36.0 Å². The first kappa shape index (κ1) is 34.3. The monoisotopic (exact) mass is 659 g/mol. The fourth-order valence-corrected chi connectivity index (χ4v) is 4.94. The number of alkyl carbamates (subject to hydrolysis) is 1. The van der Waals surface area contributed by atoms with Gasteiger partial charge in [-0.1, -0.05) is 19.6 Å².